The van der Waals surface area contributed by atoms with Gasteiger partial charge in [0.25, 0.3) is 0 Å². The maximum Gasteiger partial charge on any atom is 0.156 e. The molecule has 2 aromatic heterocycles. The minimum absolute atomic E-state index is 0.641. The number of nitrogens with zero attached hydrogens (tertiary/aromatic N) is 4. The van der Waals surface area contributed by atoms with Crippen LogP contribution >= 0.6 is 0 Å². The van der Waals surface area contributed by atoms with Crippen LogP contribution in [0, 0.1) is 11.3 Å². The monoisotopic (exact) mass is 320 g/mol. The first-order valence-corrected chi connectivity index (χ1v) is 8.18. The van der Waals surface area contributed by atoms with Crippen LogP contribution in [0.3, 0.4) is 0 Å². The van der Waals surface area contributed by atoms with E-state index in [9.17, 15) is 0 Å². The van der Waals surface area contributed by atoms with Crippen LogP contribution in [0.25, 0.3) is 22.5 Å². The van der Waals surface area contributed by atoms with E-state index in [-0.39, 0.29) is 0 Å². The Bertz CT molecular complexity index is 836. The fraction of sp³-hybridized carbons (Fsp3) is 0.250. The molecule has 0 saturated heterocycles. The highest BCUT2D eigenvalue weighted by atomic mass is 15.0. The lowest BCUT2D eigenvalue weighted by atomic mass is 10.1. The maximum atomic E-state index is 8.81. The third kappa shape index (κ3) is 4.30. The van der Waals surface area contributed by atoms with Gasteiger partial charge in [-0.25, -0.2) is 4.98 Å². The topological polar surface area (TPSA) is 54.0 Å². The number of hydrogen-bond acceptors (Lipinski definition) is 3. The SMILES string of the molecule is C=C(C)c1cn2cc(-c3ccc(C#N)cc3)ncc2n1.CC.CC. The molecule has 4 nitrogen and oxygen atoms in total. The van der Waals surface area contributed by atoms with Crippen molar-refractivity contribution < 1.29 is 0 Å². The van der Waals surface area contributed by atoms with Crippen LogP contribution < -0.4 is 0 Å². The minimum Gasteiger partial charge on any atom is -0.303 e. The quantitative estimate of drug-likeness (QED) is 0.639. The summed E-state index contributed by atoms with van der Waals surface area (Å²) in [7, 11) is 0. The molecule has 2 heterocycles. The second-order valence-electron chi connectivity index (χ2n) is 4.63. The third-order valence-electron chi connectivity index (χ3n) is 3.09. The fourth-order valence-corrected chi connectivity index (χ4v) is 1.97. The molecule has 3 rings (SSSR count). The molecular formula is C20H24N4. The van der Waals surface area contributed by atoms with E-state index in [2.05, 4.69) is 22.6 Å². The van der Waals surface area contributed by atoms with Gasteiger partial charge in [-0.15, -0.1) is 0 Å². The van der Waals surface area contributed by atoms with Gasteiger partial charge in [-0.3, -0.25) is 4.98 Å². The summed E-state index contributed by atoms with van der Waals surface area (Å²) in [5, 5.41) is 8.81. The first-order valence-electron chi connectivity index (χ1n) is 8.18. The standard InChI is InChI=1S/C16H12N4.2C2H6/c1-11(2)14-9-20-10-15(18-8-16(20)19-14)13-5-3-12(7-17)4-6-13;2*1-2/h3-6,8-10H,1H2,2H3;2*1-2H3. The third-order valence-corrected chi connectivity index (χ3v) is 3.09. The van der Waals surface area contributed by atoms with Crippen molar-refractivity contribution in [2.24, 2.45) is 0 Å². The zero-order chi connectivity index (χ0) is 18.1. The van der Waals surface area contributed by atoms with Crippen molar-refractivity contribution in [1.29, 1.82) is 5.26 Å². The summed E-state index contributed by atoms with van der Waals surface area (Å²) in [5.74, 6) is 0. The summed E-state index contributed by atoms with van der Waals surface area (Å²) in [4.78, 5) is 8.84. The van der Waals surface area contributed by atoms with Crippen LogP contribution in [0.4, 0.5) is 0 Å². The highest BCUT2D eigenvalue weighted by Crippen LogP contribution is 2.19. The Balaban J connectivity index is 0.000000671. The Morgan fingerprint density at radius 2 is 1.71 bits per heavy atom. The summed E-state index contributed by atoms with van der Waals surface area (Å²) in [6, 6.07) is 9.46. The molecule has 0 aliphatic carbocycles. The van der Waals surface area contributed by atoms with Gasteiger partial charge in [-0.05, 0) is 24.6 Å². The summed E-state index contributed by atoms with van der Waals surface area (Å²) in [6.07, 6.45) is 5.60. The molecule has 0 saturated carbocycles. The Labute approximate surface area is 144 Å². The zero-order valence-corrected chi connectivity index (χ0v) is 15.0. The van der Waals surface area contributed by atoms with Crippen molar-refractivity contribution in [2.75, 3.05) is 0 Å². The number of nitriles is 1. The second kappa shape index (κ2) is 9.26. The number of hydrogen-bond donors (Lipinski definition) is 0. The van der Waals surface area contributed by atoms with Crippen molar-refractivity contribution in [3.05, 3.63) is 60.7 Å². The number of fused-ring (bicyclic) bond motifs is 1. The molecule has 0 N–H and O–H groups in total. The Morgan fingerprint density at radius 1 is 1.08 bits per heavy atom. The maximum absolute atomic E-state index is 8.81. The number of aromatic nitrogens is 3. The second-order valence-corrected chi connectivity index (χ2v) is 4.63. The summed E-state index contributed by atoms with van der Waals surface area (Å²) in [6.45, 7) is 13.8. The molecule has 0 unspecified atom stereocenters. The van der Waals surface area contributed by atoms with Crippen molar-refractivity contribution in [2.45, 2.75) is 34.6 Å². The van der Waals surface area contributed by atoms with E-state index in [0.717, 1.165) is 28.2 Å². The van der Waals surface area contributed by atoms with E-state index >= 15 is 0 Å². The van der Waals surface area contributed by atoms with Gasteiger partial charge in [-0.2, -0.15) is 5.26 Å². The molecule has 24 heavy (non-hydrogen) atoms. The summed E-state index contributed by atoms with van der Waals surface area (Å²) in [5.41, 5.74) is 5.03. The van der Waals surface area contributed by atoms with Crippen molar-refractivity contribution in [1.82, 2.24) is 14.4 Å². The molecule has 0 fully saturated rings. The highest BCUT2D eigenvalue weighted by molar-refractivity contribution is 5.63. The van der Waals surface area contributed by atoms with Crippen molar-refractivity contribution >= 4 is 11.2 Å². The van der Waals surface area contributed by atoms with E-state index in [0.29, 0.717) is 5.56 Å². The van der Waals surface area contributed by atoms with Gasteiger partial charge in [0, 0.05) is 18.0 Å². The molecule has 124 valence electrons. The van der Waals surface area contributed by atoms with Gasteiger partial charge >= 0.3 is 0 Å². The van der Waals surface area contributed by atoms with E-state index in [1.807, 2.05) is 63.5 Å². The van der Waals surface area contributed by atoms with Gasteiger partial charge in [0.2, 0.25) is 0 Å². The normalized spacial score (nSPS) is 9.17. The largest absolute Gasteiger partial charge is 0.303 e. The zero-order valence-electron chi connectivity index (χ0n) is 15.0. The van der Waals surface area contributed by atoms with E-state index in [1.54, 1.807) is 18.3 Å². The van der Waals surface area contributed by atoms with Crippen molar-refractivity contribution in [3.8, 4) is 17.3 Å². The number of allylic oxidation sites excluding steroid dienone is 1. The number of benzene rings is 1. The minimum atomic E-state index is 0.641. The van der Waals surface area contributed by atoms with Gasteiger partial charge in [-0.1, -0.05) is 46.4 Å². The van der Waals surface area contributed by atoms with Crippen LogP contribution in [0.1, 0.15) is 45.9 Å². The predicted molar refractivity (Wildman–Crippen MR) is 101 cm³/mol. The average Bonchev–Trinajstić information content (AvgIpc) is 3.09. The molecule has 0 amide bonds. The Morgan fingerprint density at radius 3 is 2.25 bits per heavy atom. The summed E-state index contributed by atoms with van der Waals surface area (Å²) >= 11 is 0. The van der Waals surface area contributed by atoms with Gasteiger partial charge in [0.15, 0.2) is 5.65 Å². The van der Waals surface area contributed by atoms with Crippen LogP contribution in [0.2, 0.25) is 0 Å². The first kappa shape index (κ1) is 19.1. The molecule has 0 atom stereocenters. The van der Waals surface area contributed by atoms with Gasteiger partial charge < -0.3 is 4.40 Å². The van der Waals surface area contributed by atoms with Gasteiger partial charge in [0.1, 0.15) is 0 Å². The van der Waals surface area contributed by atoms with Crippen LogP contribution in [-0.4, -0.2) is 14.4 Å². The lowest BCUT2D eigenvalue weighted by molar-refractivity contribution is 1.13. The van der Waals surface area contributed by atoms with E-state index < -0.39 is 0 Å². The molecular weight excluding hydrogens is 296 g/mol. The van der Waals surface area contributed by atoms with Crippen LogP contribution in [0.5, 0.6) is 0 Å². The molecule has 1 aromatic carbocycles. The smallest absolute Gasteiger partial charge is 0.156 e. The number of imidazole rings is 1. The Hall–Kier alpha value is -2.93. The molecule has 0 aliphatic heterocycles. The number of rotatable bonds is 2. The molecule has 0 bridgehead atoms. The average molecular weight is 320 g/mol. The molecule has 0 radical (unpaired) electrons. The Kier molecular flexibility index (Phi) is 7.38. The summed E-state index contributed by atoms with van der Waals surface area (Å²) < 4.78 is 1.94. The fourth-order valence-electron chi connectivity index (χ4n) is 1.97. The lowest BCUT2D eigenvalue weighted by Gasteiger charge is -2.01. The van der Waals surface area contributed by atoms with Crippen LogP contribution in [0.15, 0.2) is 49.4 Å². The van der Waals surface area contributed by atoms with Crippen molar-refractivity contribution in [3.63, 3.8) is 0 Å². The molecule has 0 spiro atoms. The van der Waals surface area contributed by atoms with E-state index in [1.165, 1.54) is 0 Å². The predicted octanol–water partition coefficient (Wildman–Crippen LogP) is 5.35. The molecule has 4 heteroatoms. The lowest BCUT2D eigenvalue weighted by Crippen LogP contribution is -1.89. The van der Waals surface area contributed by atoms with Crippen LogP contribution in [-0.2, 0) is 0 Å². The van der Waals surface area contributed by atoms with Gasteiger partial charge in [0.05, 0.1) is 29.2 Å². The van der Waals surface area contributed by atoms with E-state index in [4.69, 9.17) is 5.26 Å². The molecule has 3 aromatic rings. The molecule has 0 aliphatic rings. The highest BCUT2D eigenvalue weighted by Gasteiger charge is 2.05. The first-order chi connectivity index (χ1) is 11.7.